The highest BCUT2D eigenvalue weighted by Crippen LogP contribution is 2.35. The molecule has 0 saturated heterocycles. The first-order valence-electron chi connectivity index (χ1n) is 10.9. The Morgan fingerprint density at radius 3 is 2.59 bits per heavy atom. The van der Waals surface area contributed by atoms with Crippen molar-refractivity contribution < 1.29 is 4.74 Å². The van der Waals surface area contributed by atoms with Gasteiger partial charge in [-0.05, 0) is 48.6 Å². The Kier molecular flexibility index (Phi) is 9.16. The number of ether oxygens (including phenoxy) is 1. The standard InChI is InChI=1S/C23H33Cl2N3O/c1-2-3-4-5-16-29-21-8-9-22-19(17-21)6-7-20-18-26-28(23(20)22)15-14-27(12-10-24)13-11-25/h8-9,17-18H,2-7,10-16H2,1H3. The number of aryl methyl sites for hydroxylation is 2. The minimum Gasteiger partial charge on any atom is -0.494 e. The van der Waals surface area contributed by atoms with Crippen molar-refractivity contribution in [3.63, 3.8) is 0 Å². The average molecular weight is 438 g/mol. The van der Waals surface area contributed by atoms with Crippen molar-refractivity contribution in [2.75, 3.05) is 38.0 Å². The van der Waals surface area contributed by atoms with Crippen LogP contribution in [0.1, 0.15) is 43.7 Å². The molecule has 6 heteroatoms. The number of unbranched alkanes of at least 4 members (excludes halogenated alkanes) is 3. The van der Waals surface area contributed by atoms with E-state index in [1.807, 2.05) is 6.20 Å². The Hall–Kier alpha value is -1.23. The quantitative estimate of drug-likeness (QED) is 0.310. The lowest BCUT2D eigenvalue weighted by Gasteiger charge is -2.22. The van der Waals surface area contributed by atoms with Gasteiger partial charge in [-0.3, -0.25) is 9.58 Å². The Balaban J connectivity index is 1.67. The first-order chi connectivity index (χ1) is 14.3. The molecule has 0 radical (unpaired) electrons. The van der Waals surface area contributed by atoms with Gasteiger partial charge in [-0.2, -0.15) is 5.10 Å². The number of rotatable bonds is 13. The maximum atomic E-state index is 6.00. The fourth-order valence-electron chi connectivity index (χ4n) is 3.99. The van der Waals surface area contributed by atoms with Crippen LogP contribution in [0, 0.1) is 0 Å². The van der Waals surface area contributed by atoms with E-state index in [0.717, 1.165) is 57.8 Å². The Morgan fingerprint density at radius 2 is 1.83 bits per heavy atom. The molecule has 0 saturated carbocycles. The average Bonchev–Trinajstić information content (AvgIpc) is 3.15. The zero-order valence-corrected chi connectivity index (χ0v) is 19.0. The number of alkyl halides is 2. The van der Waals surface area contributed by atoms with Gasteiger partial charge in [-0.15, -0.1) is 23.2 Å². The Labute approximate surface area is 185 Å². The molecule has 3 rings (SSSR count). The molecule has 0 unspecified atom stereocenters. The molecule has 0 aliphatic heterocycles. The number of nitrogens with zero attached hydrogens (tertiary/aromatic N) is 3. The molecule has 0 bridgehead atoms. The van der Waals surface area contributed by atoms with E-state index in [0.29, 0.717) is 11.8 Å². The van der Waals surface area contributed by atoms with Crippen molar-refractivity contribution in [1.29, 1.82) is 0 Å². The number of hydrogen-bond acceptors (Lipinski definition) is 3. The first kappa shape index (κ1) is 22.5. The lowest BCUT2D eigenvalue weighted by Crippen LogP contribution is -2.31. The van der Waals surface area contributed by atoms with Crippen LogP contribution in [0.2, 0.25) is 0 Å². The van der Waals surface area contributed by atoms with Gasteiger partial charge in [-0.1, -0.05) is 26.2 Å². The fourth-order valence-corrected chi connectivity index (χ4v) is 4.46. The molecule has 1 aliphatic carbocycles. The van der Waals surface area contributed by atoms with Crippen LogP contribution in [-0.4, -0.2) is 52.7 Å². The molecule has 0 N–H and O–H groups in total. The SMILES string of the molecule is CCCCCCOc1ccc2c(c1)CCc1cnn(CCN(CCCl)CCCl)c1-2. The molecule has 0 amide bonds. The smallest absolute Gasteiger partial charge is 0.119 e. The van der Waals surface area contributed by atoms with Gasteiger partial charge in [0.15, 0.2) is 0 Å². The van der Waals surface area contributed by atoms with Crippen LogP contribution < -0.4 is 4.74 Å². The van der Waals surface area contributed by atoms with E-state index in [1.54, 1.807) is 0 Å². The summed E-state index contributed by atoms with van der Waals surface area (Å²) in [6, 6.07) is 6.54. The summed E-state index contributed by atoms with van der Waals surface area (Å²) in [5.41, 5.74) is 5.26. The predicted molar refractivity (Wildman–Crippen MR) is 123 cm³/mol. The van der Waals surface area contributed by atoms with Gasteiger partial charge in [0, 0.05) is 37.0 Å². The summed E-state index contributed by atoms with van der Waals surface area (Å²) >= 11 is 11.9. The van der Waals surface area contributed by atoms with E-state index in [9.17, 15) is 0 Å². The second-order valence-corrected chi connectivity index (χ2v) is 8.45. The summed E-state index contributed by atoms with van der Waals surface area (Å²) < 4.78 is 8.14. The third-order valence-electron chi connectivity index (χ3n) is 5.61. The van der Waals surface area contributed by atoms with Gasteiger partial charge in [0.05, 0.1) is 25.0 Å². The topological polar surface area (TPSA) is 30.3 Å². The van der Waals surface area contributed by atoms with Crippen LogP contribution in [0.4, 0.5) is 0 Å². The van der Waals surface area contributed by atoms with Gasteiger partial charge in [0.1, 0.15) is 5.75 Å². The number of hydrogen-bond donors (Lipinski definition) is 0. The van der Waals surface area contributed by atoms with Crippen LogP contribution in [-0.2, 0) is 19.4 Å². The molecule has 0 spiro atoms. The highest BCUT2D eigenvalue weighted by atomic mass is 35.5. The molecule has 0 fully saturated rings. The molecule has 29 heavy (non-hydrogen) atoms. The Morgan fingerprint density at radius 1 is 1.03 bits per heavy atom. The highest BCUT2D eigenvalue weighted by Gasteiger charge is 2.21. The number of aromatic nitrogens is 2. The third-order valence-corrected chi connectivity index (χ3v) is 5.94. The van der Waals surface area contributed by atoms with E-state index >= 15 is 0 Å². The predicted octanol–water partition coefficient (Wildman–Crippen LogP) is 5.39. The first-order valence-corrected chi connectivity index (χ1v) is 12.0. The summed E-state index contributed by atoms with van der Waals surface area (Å²) in [7, 11) is 0. The van der Waals surface area contributed by atoms with Crippen LogP contribution in [0.15, 0.2) is 24.4 Å². The van der Waals surface area contributed by atoms with Crippen LogP contribution in [0.25, 0.3) is 11.3 Å². The largest absolute Gasteiger partial charge is 0.494 e. The van der Waals surface area contributed by atoms with Crippen molar-refractivity contribution in [3.8, 4) is 17.0 Å². The van der Waals surface area contributed by atoms with E-state index < -0.39 is 0 Å². The minimum atomic E-state index is 0.623. The molecule has 0 atom stereocenters. The molecule has 4 nitrogen and oxygen atoms in total. The zero-order valence-electron chi connectivity index (χ0n) is 17.5. The van der Waals surface area contributed by atoms with E-state index in [-0.39, 0.29) is 0 Å². The van der Waals surface area contributed by atoms with Gasteiger partial charge in [0.25, 0.3) is 0 Å². The summed E-state index contributed by atoms with van der Waals surface area (Å²) in [6.45, 7) is 6.50. The molecule has 2 aromatic rings. The maximum Gasteiger partial charge on any atom is 0.119 e. The van der Waals surface area contributed by atoms with Gasteiger partial charge < -0.3 is 4.74 Å². The normalized spacial score (nSPS) is 12.8. The number of halogens is 2. The van der Waals surface area contributed by atoms with Gasteiger partial charge in [0.2, 0.25) is 0 Å². The number of benzene rings is 1. The van der Waals surface area contributed by atoms with E-state index in [2.05, 4.69) is 39.8 Å². The van der Waals surface area contributed by atoms with Crippen molar-refractivity contribution in [2.24, 2.45) is 0 Å². The minimum absolute atomic E-state index is 0.623. The summed E-state index contributed by atoms with van der Waals surface area (Å²) in [5, 5.41) is 4.68. The fraction of sp³-hybridized carbons (Fsp3) is 0.609. The van der Waals surface area contributed by atoms with Crippen LogP contribution >= 0.6 is 23.2 Å². The van der Waals surface area contributed by atoms with E-state index in [4.69, 9.17) is 27.9 Å². The second-order valence-electron chi connectivity index (χ2n) is 7.69. The number of fused-ring (bicyclic) bond motifs is 3. The molecule has 1 aromatic carbocycles. The van der Waals surface area contributed by atoms with Crippen LogP contribution in [0.3, 0.4) is 0 Å². The van der Waals surface area contributed by atoms with Crippen molar-refractivity contribution in [3.05, 3.63) is 35.5 Å². The second kappa shape index (κ2) is 11.8. The molecule has 160 valence electrons. The summed E-state index contributed by atoms with van der Waals surface area (Å²) in [5.74, 6) is 2.24. The monoisotopic (exact) mass is 437 g/mol. The van der Waals surface area contributed by atoms with Gasteiger partial charge >= 0.3 is 0 Å². The van der Waals surface area contributed by atoms with Crippen molar-refractivity contribution in [2.45, 2.75) is 52.0 Å². The molecule has 1 aromatic heterocycles. The van der Waals surface area contributed by atoms with Crippen LogP contribution in [0.5, 0.6) is 5.75 Å². The zero-order chi connectivity index (χ0) is 20.5. The Bertz CT molecular complexity index is 757. The maximum absolute atomic E-state index is 6.00. The molecular weight excluding hydrogens is 405 g/mol. The third kappa shape index (κ3) is 6.13. The van der Waals surface area contributed by atoms with Gasteiger partial charge in [-0.25, -0.2) is 0 Å². The molecule has 1 aliphatic rings. The molecular formula is C23H33Cl2N3O. The van der Waals surface area contributed by atoms with E-state index in [1.165, 1.54) is 41.6 Å². The van der Waals surface area contributed by atoms with Crippen molar-refractivity contribution >= 4 is 23.2 Å². The lowest BCUT2D eigenvalue weighted by atomic mass is 9.90. The molecule has 1 heterocycles. The van der Waals surface area contributed by atoms with Crippen molar-refractivity contribution in [1.82, 2.24) is 14.7 Å². The lowest BCUT2D eigenvalue weighted by molar-refractivity contribution is 0.289. The highest BCUT2D eigenvalue weighted by molar-refractivity contribution is 6.18. The summed E-state index contributed by atoms with van der Waals surface area (Å²) in [4.78, 5) is 2.30. The summed E-state index contributed by atoms with van der Waals surface area (Å²) in [6.07, 6.45) is 9.03.